The molecule has 0 aromatic rings. The maximum Gasteiger partial charge on any atom is 0.00884 e. The normalized spacial score (nSPS) is 21.5. The van der Waals surface area contributed by atoms with E-state index in [-0.39, 0.29) is 0 Å². The van der Waals surface area contributed by atoms with E-state index in [2.05, 4.69) is 24.2 Å². The van der Waals surface area contributed by atoms with Crippen molar-refractivity contribution in [3.8, 4) is 0 Å². The minimum absolute atomic E-state index is 0.696. The molecule has 0 spiro atoms. The summed E-state index contributed by atoms with van der Waals surface area (Å²) < 4.78 is 0. The predicted molar refractivity (Wildman–Crippen MR) is 50.9 cm³/mol. The van der Waals surface area contributed by atoms with Gasteiger partial charge in [-0.1, -0.05) is 13.8 Å². The highest BCUT2D eigenvalue weighted by molar-refractivity contribution is 4.83. The van der Waals surface area contributed by atoms with Crippen molar-refractivity contribution in [2.24, 2.45) is 5.92 Å². The monoisotopic (exact) mass is 158 g/mol. The Hall–Kier alpha value is -0.0800. The molecule has 0 aromatic carbocycles. The molecule has 2 heteroatoms. The summed E-state index contributed by atoms with van der Waals surface area (Å²) in [6.45, 7) is 8.78. The average molecular weight is 158 g/mol. The Morgan fingerprint density at radius 1 is 1.36 bits per heavy atom. The SMILES string of the molecule is CC.CNC(C)C1CN(C)C1. The van der Waals surface area contributed by atoms with Crippen molar-refractivity contribution in [2.75, 3.05) is 27.2 Å². The lowest BCUT2D eigenvalue weighted by Crippen LogP contribution is -2.52. The lowest BCUT2D eigenvalue weighted by Gasteiger charge is -2.39. The number of rotatable bonds is 2. The zero-order chi connectivity index (χ0) is 8.85. The van der Waals surface area contributed by atoms with Gasteiger partial charge in [0.1, 0.15) is 0 Å². The van der Waals surface area contributed by atoms with Crippen molar-refractivity contribution >= 4 is 0 Å². The summed E-state index contributed by atoms with van der Waals surface area (Å²) in [5, 5.41) is 3.26. The number of likely N-dealkylation sites (tertiary alicyclic amines) is 1. The predicted octanol–water partition coefficient (Wildman–Crippen LogP) is 1.18. The molecule has 0 aliphatic carbocycles. The van der Waals surface area contributed by atoms with Gasteiger partial charge in [0.2, 0.25) is 0 Å². The first-order valence-corrected chi connectivity index (χ1v) is 4.60. The van der Waals surface area contributed by atoms with Gasteiger partial charge in [-0.05, 0) is 26.9 Å². The summed E-state index contributed by atoms with van der Waals surface area (Å²) in [5.74, 6) is 0.889. The molecule has 1 rings (SSSR count). The molecule has 11 heavy (non-hydrogen) atoms. The molecule has 68 valence electrons. The maximum atomic E-state index is 3.26. The van der Waals surface area contributed by atoms with Gasteiger partial charge in [-0.2, -0.15) is 0 Å². The molecule has 1 fully saturated rings. The molecule has 1 atom stereocenters. The summed E-state index contributed by atoms with van der Waals surface area (Å²) in [6, 6.07) is 0.696. The molecule has 1 aliphatic rings. The second-order valence-electron chi connectivity index (χ2n) is 3.06. The molecule has 2 nitrogen and oxygen atoms in total. The molecule has 0 amide bonds. The van der Waals surface area contributed by atoms with Crippen LogP contribution in [0.15, 0.2) is 0 Å². The van der Waals surface area contributed by atoms with Gasteiger partial charge in [0.15, 0.2) is 0 Å². The second-order valence-corrected chi connectivity index (χ2v) is 3.06. The first-order chi connectivity index (χ1) is 5.24. The lowest BCUT2D eigenvalue weighted by atomic mass is 9.94. The standard InChI is InChI=1S/C7H16N2.C2H6/c1-6(8-2)7-4-9(3)5-7;1-2/h6-8H,4-5H2,1-3H3;1-2H3. The summed E-state index contributed by atoms with van der Waals surface area (Å²) >= 11 is 0. The Balaban J connectivity index is 0.000000461. The van der Waals surface area contributed by atoms with Crippen molar-refractivity contribution in [1.29, 1.82) is 0 Å². The van der Waals surface area contributed by atoms with Gasteiger partial charge in [0, 0.05) is 19.1 Å². The largest absolute Gasteiger partial charge is 0.317 e. The Morgan fingerprint density at radius 3 is 2.09 bits per heavy atom. The van der Waals surface area contributed by atoms with Gasteiger partial charge in [0.05, 0.1) is 0 Å². The molecular formula is C9H22N2. The summed E-state index contributed by atoms with van der Waals surface area (Å²) in [5.41, 5.74) is 0. The van der Waals surface area contributed by atoms with E-state index in [0.717, 1.165) is 5.92 Å². The van der Waals surface area contributed by atoms with Crippen molar-refractivity contribution in [3.63, 3.8) is 0 Å². The number of nitrogens with zero attached hydrogens (tertiary/aromatic N) is 1. The van der Waals surface area contributed by atoms with Crippen LogP contribution in [0.2, 0.25) is 0 Å². The Morgan fingerprint density at radius 2 is 1.82 bits per heavy atom. The first-order valence-electron chi connectivity index (χ1n) is 4.60. The van der Waals surface area contributed by atoms with Crippen LogP contribution in [0.25, 0.3) is 0 Å². The fraction of sp³-hybridized carbons (Fsp3) is 1.00. The minimum atomic E-state index is 0.696. The van der Waals surface area contributed by atoms with Crippen molar-refractivity contribution in [3.05, 3.63) is 0 Å². The van der Waals surface area contributed by atoms with E-state index in [0.29, 0.717) is 6.04 Å². The van der Waals surface area contributed by atoms with Crippen LogP contribution in [-0.2, 0) is 0 Å². The van der Waals surface area contributed by atoms with E-state index in [1.165, 1.54) is 13.1 Å². The quantitative estimate of drug-likeness (QED) is 0.649. The molecule has 1 aliphatic heterocycles. The Kier molecular flexibility index (Phi) is 5.51. The van der Waals surface area contributed by atoms with Crippen molar-refractivity contribution in [1.82, 2.24) is 10.2 Å². The van der Waals surface area contributed by atoms with E-state index < -0.39 is 0 Å². The first kappa shape index (κ1) is 10.9. The fourth-order valence-electron chi connectivity index (χ4n) is 1.30. The van der Waals surface area contributed by atoms with Crippen LogP contribution in [0, 0.1) is 5.92 Å². The highest BCUT2D eigenvalue weighted by atomic mass is 15.2. The Bertz CT molecular complexity index is 87.6. The highest BCUT2D eigenvalue weighted by Gasteiger charge is 2.26. The minimum Gasteiger partial charge on any atom is -0.317 e. The van der Waals surface area contributed by atoms with Gasteiger partial charge in [-0.25, -0.2) is 0 Å². The molecule has 0 bridgehead atoms. The van der Waals surface area contributed by atoms with Gasteiger partial charge < -0.3 is 10.2 Å². The van der Waals surface area contributed by atoms with Crippen LogP contribution in [0.4, 0.5) is 0 Å². The highest BCUT2D eigenvalue weighted by Crippen LogP contribution is 2.15. The van der Waals surface area contributed by atoms with Crippen LogP contribution in [0.5, 0.6) is 0 Å². The van der Waals surface area contributed by atoms with Gasteiger partial charge in [0.25, 0.3) is 0 Å². The van der Waals surface area contributed by atoms with E-state index in [1.54, 1.807) is 0 Å². The van der Waals surface area contributed by atoms with E-state index in [1.807, 2.05) is 20.9 Å². The van der Waals surface area contributed by atoms with Crippen molar-refractivity contribution in [2.45, 2.75) is 26.8 Å². The fourth-order valence-corrected chi connectivity index (χ4v) is 1.30. The Labute approximate surface area is 71.0 Å². The molecule has 0 saturated carbocycles. The van der Waals surface area contributed by atoms with E-state index >= 15 is 0 Å². The third-order valence-electron chi connectivity index (χ3n) is 2.25. The molecule has 1 N–H and O–H groups in total. The zero-order valence-corrected chi connectivity index (χ0v) is 8.52. The third-order valence-corrected chi connectivity index (χ3v) is 2.25. The zero-order valence-electron chi connectivity index (χ0n) is 8.52. The molecule has 1 heterocycles. The number of nitrogens with one attached hydrogen (secondary N) is 1. The van der Waals surface area contributed by atoms with Crippen LogP contribution in [0.1, 0.15) is 20.8 Å². The van der Waals surface area contributed by atoms with Crippen LogP contribution in [0.3, 0.4) is 0 Å². The van der Waals surface area contributed by atoms with E-state index in [4.69, 9.17) is 0 Å². The third kappa shape index (κ3) is 3.21. The van der Waals surface area contributed by atoms with Crippen LogP contribution >= 0.6 is 0 Å². The number of hydrogen-bond donors (Lipinski definition) is 1. The smallest absolute Gasteiger partial charge is 0.00884 e. The topological polar surface area (TPSA) is 15.3 Å². The lowest BCUT2D eigenvalue weighted by molar-refractivity contribution is 0.107. The number of hydrogen-bond acceptors (Lipinski definition) is 2. The van der Waals surface area contributed by atoms with Crippen LogP contribution in [-0.4, -0.2) is 38.1 Å². The second kappa shape index (κ2) is 5.56. The molecule has 1 unspecified atom stereocenters. The summed E-state index contributed by atoms with van der Waals surface area (Å²) in [7, 11) is 4.20. The summed E-state index contributed by atoms with van der Waals surface area (Å²) in [6.07, 6.45) is 0. The van der Waals surface area contributed by atoms with Crippen LogP contribution < -0.4 is 5.32 Å². The van der Waals surface area contributed by atoms with Crippen molar-refractivity contribution < 1.29 is 0 Å². The average Bonchev–Trinajstić information content (AvgIpc) is 2.01. The molecular weight excluding hydrogens is 136 g/mol. The molecule has 0 radical (unpaired) electrons. The maximum absolute atomic E-state index is 3.26. The van der Waals surface area contributed by atoms with Gasteiger partial charge in [-0.15, -0.1) is 0 Å². The molecule has 1 saturated heterocycles. The molecule has 0 aromatic heterocycles. The summed E-state index contributed by atoms with van der Waals surface area (Å²) in [4.78, 5) is 2.35. The van der Waals surface area contributed by atoms with Gasteiger partial charge >= 0.3 is 0 Å². The van der Waals surface area contributed by atoms with E-state index in [9.17, 15) is 0 Å². The van der Waals surface area contributed by atoms with Gasteiger partial charge in [-0.3, -0.25) is 0 Å².